The van der Waals surface area contributed by atoms with Gasteiger partial charge in [-0.15, -0.1) is 0 Å². The lowest BCUT2D eigenvalue weighted by atomic mass is 10.0. The molecule has 1 N–H and O–H groups in total. The average molecular weight is 240 g/mol. The fourth-order valence-electron chi connectivity index (χ4n) is 1.76. The molecule has 3 nitrogen and oxygen atoms in total. The quantitative estimate of drug-likeness (QED) is 0.854. The molecule has 0 radical (unpaired) electrons. The van der Waals surface area contributed by atoms with Gasteiger partial charge in [-0.2, -0.15) is 0 Å². The van der Waals surface area contributed by atoms with E-state index < -0.39 is 0 Å². The lowest BCUT2D eigenvalue weighted by Gasteiger charge is -2.37. The number of nitrogens with one attached hydrogen (secondary N) is 1. The van der Waals surface area contributed by atoms with Gasteiger partial charge in [-0.1, -0.05) is 0 Å². The summed E-state index contributed by atoms with van der Waals surface area (Å²) in [6, 6.07) is 5.01. The Morgan fingerprint density at radius 1 is 1.41 bits per heavy atom. The summed E-state index contributed by atoms with van der Waals surface area (Å²) in [4.78, 5) is 2.05. The number of hydrogen-bond acceptors (Lipinski definition) is 3. The topological polar surface area (TPSA) is 24.5 Å². The van der Waals surface area contributed by atoms with Gasteiger partial charge < -0.3 is 15.0 Å². The molecule has 17 heavy (non-hydrogen) atoms. The Morgan fingerprint density at radius 2 is 2.06 bits per heavy atom. The number of likely N-dealkylation sites (N-methyl/N-ethyl adjacent to an activating group) is 2. The van der Waals surface area contributed by atoms with Crippen LogP contribution in [0.4, 0.5) is 10.1 Å². The Balaban J connectivity index is 2.96. The standard InChI is InChI=1S/C13H21FN2O/c1-13(2,9-15-3)16(4)10-6-7-12(17-5)11(14)8-10/h6-8,15H,9H2,1-5H3. The van der Waals surface area contributed by atoms with E-state index in [1.165, 1.54) is 13.2 Å². The van der Waals surface area contributed by atoms with Gasteiger partial charge in [-0.05, 0) is 33.0 Å². The number of anilines is 1. The number of nitrogens with zero attached hydrogens (tertiary/aromatic N) is 1. The van der Waals surface area contributed by atoms with Crippen LogP contribution in [0.5, 0.6) is 5.75 Å². The van der Waals surface area contributed by atoms with Crippen molar-refractivity contribution < 1.29 is 9.13 Å². The highest BCUT2D eigenvalue weighted by molar-refractivity contribution is 5.51. The Morgan fingerprint density at radius 3 is 2.53 bits per heavy atom. The molecule has 0 spiro atoms. The molecule has 0 aliphatic rings. The van der Waals surface area contributed by atoms with Gasteiger partial charge in [-0.3, -0.25) is 0 Å². The van der Waals surface area contributed by atoms with Crippen LogP contribution >= 0.6 is 0 Å². The minimum Gasteiger partial charge on any atom is -0.494 e. The van der Waals surface area contributed by atoms with Crippen molar-refractivity contribution in [3.63, 3.8) is 0 Å². The highest BCUT2D eigenvalue weighted by Gasteiger charge is 2.23. The van der Waals surface area contributed by atoms with Gasteiger partial charge in [0, 0.05) is 30.9 Å². The molecule has 0 bridgehead atoms. The van der Waals surface area contributed by atoms with Crippen molar-refractivity contribution in [2.24, 2.45) is 0 Å². The van der Waals surface area contributed by atoms with Gasteiger partial charge in [0.25, 0.3) is 0 Å². The summed E-state index contributed by atoms with van der Waals surface area (Å²) in [5.41, 5.74) is 0.749. The van der Waals surface area contributed by atoms with Crippen LogP contribution in [0.15, 0.2) is 18.2 Å². The smallest absolute Gasteiger partial charge is 0.167 e. The molecule has 1 rings (SSSR count). The fourth-order valence-corrected chi connectivity index (χ4v) is 1.76. The fraction of sp³-hybridized carbons (Fsp3) is 0.538. The third-order valence-corrected chi connectivity index (χ3v) is 3.04. The minimum atomic E-state index is -0.336. The second kappa shape index (κ2) is 5.36. The first kappa shape index (κ1) is 13.8. The first-order valence-corrected chi connectivity index (χ1v) is 5.64. The molecule has 1 aromatic carbocycles. The van der Waals surface area contributed by atoms with E-state index in [9.17, 15) is 4.39 Å². The molecule has 0 saturated heterocycles. The summed E-state index contributed by atoms with van der Waals surface area (Å²) in [7, 11) is 5.33. The second-order valence-corrected chi connectivity index (χ2v) is 4.72. The monoisotopic (exact) mass is 240 g/mol. The normalized spacial score (nSPS) is 11.4. The first-order chi connectivity index (χ1) is 7.92. The van der Waals surface area contributed by atoms with E-state index in [4.69, 9.17) is 4.74 Å². The highest BCUT2D eigenvalue weighted by Crippen LogP contribution is 2.26. The molecule has 0 aliphatic carbocycles. The van der Waals surface area contributed by atoms with Gasteiger partial charge in [-0.25, -0.2) is 4.39 Å². The van der Waals surface area contributed by atoms with Crippen LogP contribution in [0.1, 0.15) is 13.8 Å². The van der Waals surface area contributed by atoms with Crippen LogP contribution < -0.4 is 15.0 Å². The van der Waals surface area contributed by atoms with E-state index >= 15 is 0 Å². The van der Waals surface area contributed by atoms with Crippen molar-refractivity contribution in [2.45, 2.75) is 19.4 Å². The molecule has 0 unspecified atom stereocenters. The van der Waals surface area contributed by atoms with Crippen molar-refractivity contribution in [3.05, 3.63) is 24.0 Å². The Hall–Kier alpha value is -1.29. The number of methoxy groups -OCH3 is 1. The number of halogens is 1. The van der Waals surface area contributed by atoms with Gasteiger partial charge in [0.05, 0.1) is 7.11 Å². The number of rotatable bonds is 5. The molecule has 0 heterocycles. The van der Waals surface area contributed by atoms with Crippen LogP contribution in [0.2, 0.25) is 0 Å². The third kappa shape index (κ3) is 3.09. The van der Waals surface area contributed by atoms with Gasteiger partial charge in [0.2, 0.25) is 0 Å². The molecule has 96 valence electrons. The predicted octanol–water partition coefficient (Wildman–Crippen LogP) is 2.27. The van der Waals surface area contributed by atoms with Crippen molar-refractivity contribution in [1.82, 2.24) is 5.32 Å². The summed E-state index contributed by atoms with van der Waals surface area (Å²) < 4.78 is 18.5. The lowest BCUT2D eigenvalue weighted by molar-refractivity contribution is 0.386. The van der Waals surface area contributed by atoms with Crippen LogP contribution in [-0.4, -0.2) is 33.3 Å². The van der Waals surface area contributed by atoms with Gasteiger partial charge in [0.15, 0.2) is 11.6 Å². The summed E-state index contributed by atoms with van der Waals surface area (Å²) >= 11 is 0. The highest BCUT2D eigenvalue weighted by atomic mass is 19.1. The van der Waals surface area contributed by atoms with E-state index in [0.29, 0.717) is 0 Å². The summed E-state index contributed by atoms with van der Waals surface area (Å²) in [5, 5.41) is 3.14. The van der Waals surface area contributed by atoms with E-state index in [1.807, 2.05) is 25.1 Å². The number of benzene rings is 1. The predicted molar refractivity (Wildman–Crippen MR) is 69.4 cm³/mol. The maximum Gasteiger partial charge on any atom is 0.167 e. The lowest BCUT2D eigenvalue weighted by Crippen LogP contribution is -2.48. The molecule has 4 heteroatoms. The molecular formula is C13H21FN2O. The van der Waals surface area contributed by atoms with Crippen molar-refractivity contribution in [2.75, 3.05) is 32.6 Å². The van der Waals surface area contributed by atoms with Crippen LogP contribution in [-0.2, 0) is 0 Å². The molecule has 1 aromatic rings. The van der Waals surface area contributed by atoms with E-state index in [0.717, 1.165) is 12.2 Å². The second-order valence-electron chi connectivity index (χ2n) is 4.72. The molecule has 0 fully saturated rings. The Labute approximate surface area is 103 Å². The summed E-state index contributed by atoms with van der Waals surface area (Å²) in [6.07, 6.45) is 0. The number of ether oxygens (including phenoxy) is 1. The minimum absolute atomic E-state index is 0.0875. The largest absolute Gasteiger partial charge is 0.494 e. The van der Waals surface area contributed by atoms with Gasteiger partial charge in [0.1, 0.15) is 0 Å². The molecule has 0 saturated carbocycles. The van der Waals surface area contributed by atoms with E-state index in [1.54, 1.807) is 6.07 Å². The van der Waals surface area contributed by atoms with Crippen LogP contribution in [0.3, 0.4) is 0 Å². The maximum absolute atomic E-state index is 13.6. The first-order valence-electron chi connectivity index (χ1n) is 5.64. The van der Waals surface area contributed by atoms with E-state index in [-0.39, 0.29) is 17.1 Å². The zero-order chi connectivity index (χ0) is 13.1. The number of hydrogen-bond donors (Lipinski definition) is 1. The summed E-state index contributed by atoms with van der Waals surface area (Å²) in [6.45, 7) is 5.02. The Bertz CT molecular complexity index is 380. The Kier molecular flexibility index (Phi) is 4.34. The van der Waals surface area contributed by atoms with Crippen LogP contribution in [0, 0.1) is 5.82 Å². The SMILES string of the molecule is CNCC(C)(C)N(C)c1ccc(OC)c(F)c1. The average Bonchev–Trinajstić information content (AvgIpc) is 2.27. The zero-order valence-electron chi connectivity index (χ0n) is 11.2. The molecule has 0 aliphatic heterocycles. The van der Waals surface area contributed by atoms with Crippen molar-refractivity contribution in [1.29, 1.82) is 0 Å². The molecule has 0 amide bonds. The molecule has 0 aromatic heterocycles. The summed E-state index contributed by atoms with van der Waals surface area (Å²) in [5.74, 6) is -0.0642. The molecular weight excluding hydrogens is 219 g/mol. The zero-order valence-corrected chi connectivity index (χ0v) is 11.2. The van der Waals surface area contributed by atoms with Crippen molar-refractivity contribution >= 4 is 5.69 Å². The van der Waals surface area contributed by atoms with Gasteiger partial charge >= 0.3 is 0 Å². The van der Waals surface area contributed by atoms with Crippen LogP contribution in [0.25, 0.3) is 0 Å². The molecule has 0 atom stereocenters. The maximum atomic E-state index is 13.6. The van der Waals surface area contributed by atoms with E-state index in [2.05, 4.69) is 19.2 Å². The third-order valence-electron chi connectivity index (χ3n) is 3.04. The van der Waals surface area contributed by atoms with Crippen molar-refractivity contribution in [3.8, 4) is 5.75 Å².